The van der Waals surface area contributed by atoms with Crippen molar-refractivity contribution in [2.75, 3.05) is 0 Å². The molecule has 0 aromatic heterocycles. The minimum Gasteiger partial charge on any atom is -0.389 e. The van der Waals surface area contributed by atoms with Crippen molar-refractivity contribution in [2.24, 2.45) is 11.8 Å². The van der Waals surface area contributed by atoms with Gasteiger partial charge in [-0.05, 0) is 18.8 Å². The molecule has 0 saturated heterocycles. The van der Waals surface area contributed by atoms with Crippen LogP contribution in [-0.2, 0) is 0 Å². The Hall–Kier alpha value is -0.370. The van der Waals surface area contributed by atoms with Crippen LogP contribution < -0.4 is 0 Å². The van der Waals surface area contributed by atoms with Gasteiger partial charge in [0, 0.05) is 12.1 Å². The van der Waals surface area contributed by atoms with Crippen LogP contribution in [0.5, 0.6) is 0 Å². The summed E-state index contributed by atoms with van der Waals surface area (Å²) < 4.78 is 0. The van der Waals surface area contributed by atoms with E-state index in [0.717, 1.165) is 12.8 Å². The van der Waals surface area contributed by atoms with Gasteiger partial charge in [-0.3, -0.25) is 0 Å². The first-order valence-electron chi connectivity index (χ1n) is 3.81. The molecule has 2 N–H and O–H groups in total. The van der Waals surface area contributed by atoms with E-state index in [4.69, 9.17) is 5.41 Å². The zero-order valence-corrected chi connectivity index (χ0v) is 6.59. The summed E-state index contributed by atoms with van der Waals surface area (Å²) in [5, 5.41) is 16.7. The van der Waals surface area contributed by atoms with Crippen LogP contribution >= 0.6 is 0 Å². The van der Waals surface area contributed by atoms with Gasteiger partial charge in [0.25, 0.3) is 0 Å². The number of hydrogen-bond donors (Lipinski definition) is 2. The molecule has 1 fully saturated rings. The monoisotopic (exact) mass is 141 g/mol. The average molecular weight is 141 g/mol. The second-order valence-electron chi connectivity index (χ2n) is 3.57. The van der Waals surface area contributed by atoms with Gasteiger partial charge in [-0.1, -0.05) is 13.8 Å². The third-order valence-electron chi connectivity index (χ3n) is 2.50. The largest absolute Gasteiger partial charge is 0.389 e. The highest BCUT2D eigenvalue weighted by Gasteiger charge is 2.43. The van der Waals surface area contributed by atoms with E-state index >= 15 is 0 Å². The Balaban J connectivity index is 2.47. The lowest BCUT2D eigenvalue weighted by molar-refractivity contribution is -0.0880. The predicted molar refractivity (Wildman–Crippen MR) is 41.3 cm³/mol. The summed E-state index contributed by atoms with van der Waals surface area (Å²) >= 11 is 0. The smallest absolute Gasteiger partial charge is 0.0727 e. The molecule has 0 bridgehead atoms. The van der Waals surface area contributed by atoms with Crippen LogP contribution in [0.3, 0.4) is 0 Å². The third-order valence-corrected chi connectivity index (χ3v) is 2.50. The minimum absolute atomic E-state index is 0.0312. The molecular weight excluding hydrogens is 126 g/mol. The van der Waals surface area contributed by atoms with E-state index in [9.17, 15) is 5.11 Å². The Morgan fingerprint density at radius 2 is 2.20 bits per heavy atom. The molecule has 0 aliphatic heterocycles. The van der Waals surface area contributed by atoms with Gasteiger partial charge in [0.1, 0.15) is 0 Å². The van der Waals surface area contributed by atoms with Crippen molar-refractivity contribution < 1.29 is 5.11 Å². The molecular formula is C8H15NO. The van der Waals surface area contributed by atoms with Crippen molar-refractivity contribution in [2.45, 2.75) is 32.3 Å². The molecule has 1 aliphatic rings. The highest BCUT2D eigenvalue weighted by Crippen LogP contribution is 2.41. The normalized spacial score (nSPS) is 42.1. The maximum atomic E-state index is 9.70. The van der Waals surface area contributed by atoms with E-state index in [-0.39, 0.29) is 5.92 Å². The highest BCUT2D eigenvalue weighted by atomic mass is 16.3. The van der Waals surface area contributed by atoms with Crippen molar-refractivity contribution in [3.63, 3.8) is 0 Å². The van der Waals surface area contributed by atoms with Gasteiger partial charge in [0.05, 0.1) is 5.60 Å². The molecule has 1 unspecified atom stereocenters. The summed E-state index contributed by atoms with van der Waals surface area (Å²) in [4.78, 5) is 0. The Morgan fingerprint density at radius 3 is 2.50 bits per heavy atom. The van der Waals surface area contributed by atoms with Crippen LogP contribution in [0.1, 0.15) is 26.7 Å². The Kier molecular flexibility index (Phi) is 1.82. The van der Waals surface area contributed by atoms with E-state index in [1.54, 1.807) is 0 Å². The van der Waals surface area contributed by atoms with Crippen molar-refractivity contribution in [3.05, 3.63) is 0 Å². The molecule has 58 valence electrons. The number of aliphatic hydroxyl groups is 1. The Morgan fingerprint density at radius 1 is 1.70 bits per heavy atom. The van der Waals surface area contributed by atoms with Gasteiger partial charge in [-0.25, -0.2) is 0 Å². The maximum Gasteiger partial charge on any atom is 0.0727 e. The van der Waals surface area contributed by atoms with Crippen LogP contribution in [0.25, 0.3) is 0 Å². The van der Waals surface area contributed by atoms with Crippen LogP contribution in [0.2, 0.25) is 0 Å². The zero-order valence-electron chi connectivity index (χ0n) is 6.59. The molecule has 2 nitrogen and oxygen atoms in total. The fraction of sp³-hybridized carbons (Fsp3) is 0.875. The number of rotatable bonds is 2. The summed E-state index contributed by atoms with van der Waals surface area (Å²) in [6, 6.07) is 0. The molecule has 2 heteroatoms. The van der Waals surface area contributed by atoms with Crippen LogP contribution in [0.4, 0.5) is 0 Å². The van der Waals surface area contributed by atoms with Gasteiger partial charge in [-0.2, -0.15) is 0 Å². The van der Waals surface area contributed by atoms with Crippen molar-refractivity contribution in [3.8, 4) is 0 Å². The molecule has 1 aliphatic carbocycles. The van der Waals surface area contributed by atoms with Crippen molar-refractivity contribution >= 4 is 6.21 Å². The number of hydrogen-bond acceptors (Lipinski definition) is 2. The highest BCUT2D eigenvalue weighted by molar-refractivity contribution is 5.58. The van der Waals surface area contributed by atoms with Gasteiger partial charge in [0.15, 0.2) is 0 Å². The SMILES string of the molecule is CC1CC(O)(C(C)C=N)C1. The van der Waals surface area contributed by atoms with Crippen LogP contribution in [0, 0.1) is 17.2 Å². The zero-order chi connectivity index (χ0) is 7.78. The fourth-order valence-electron chi connectivity index (χ4n) is 1.67. The molecule has 0 aromatic rings. The van der Waals surface area contributed by atoms with E-state index in [0.29, 0.717) is 5.92 Å². The van der Waals surface area contributed by atoms with Gasteiger partial charge in [-0.15, -0.1) is 0 Å². The average Bonchev–Trinajstić information content (AvgIpc) is 1.83. The van der Waals surface area contributed by atoms with Crippen LogP contribution in [0.15, 0.2) is 0 Å². The quantitative estimate of drug-likeness (QED) is 0.561. The molecule has 0 radical (unpaired) electrons. The Bertz CT molecular complexity index is 138. The van der Waals surface area contributed by atoms with Crippen molar-refractivity contribution in [1.82, 2.24) is 0 Å². The molecule has 0 spiro atoms. The standard InChI is InChI=1S/C8H15NO/c1-6-3-8(10,4-6)7(2)5-9/h5-7,9-10H,3-4H2,1-2H3. The summed E-state index contributed by atoms with van der Waals surface area (Å²) in [6.07, 6.45) is 3.07. The lowest BCUT2D eigenvalue weighted by atomic mass is 9.66. The molecule has 0 amide bonds. The second-order valence-corrected chi connectivity index (χ2v) is 3.57. The van der Waals surface area contributed by atoms with Crippen molar-refractivity contribution in [1.29, 1.82) is 5.41 Å². The summed E-state index contributed by atoms with van der Waals surface area (Å²) in [7, 11) is 0. The molecule has 1 saturated carbocycles. The summed E-state index contributed by atoms with van der Waals surface area (Å²) in [5.41, 5.74) is -0.541. The topological polar surface area (TPSA) is 44.1 Å². The third kappa shape index (κ3) is 1.08. The molecule has 1 rings (SSSR count). The first-order chi connectivity index (χ1) is 4.58. The molecule has 0 aromatic carbocycles. The Labute approximate surface area is 61.8 Å². The maximum absolute atomic E-state index is 9.70. The molecule has 10 heavy (non-hydrogen) atoms. The summed E-state index contributed by atoms with van der Waals surface area (Å²) in [5.74, 6) is 0.677. The van der Waals surface area contributed by atoms with Gasteiger partial charge in [0.2, 0.25) is 0 Å². The minimum atomic E-state index is -0.541. The summed E-state index contributed by atoms with van der Waals surface area (Å²) in [6.45, 7) is 4.03. The molecule has 1 atom stereocenters. The lowest BCUT2D eigenvalue weighted by Crippen LogP contribution is -2.48. The second kappa shape index (κ2) is 2.35. The first kappa shape index (κ1) is 7.73. The number of nitrogens with one attached hydrogen (secondary N) is 1. The van der Waals surface area contributed by atoms with E-state index in [1.807, 2.05) is 6.92 Å². The predicted octanol–water partition coefficient (Wildman–Crippen LogP) is 1.43. The fourth-order valence-corrected chi connectivity index (χ4v) is 1.67. The van der Waals surface area contributed by atoms with Gasteiger partial charge >= 0.3 is 0 Å². The van der Waals surface area contributed by atoms with E-state index < -0.39 is 5.60 Å². The lowest BCUT2D eigenvalue weighted by Gasteiger charge is -2.45. The first-order valence-corrected chi connectivity index (χ1v) is 3.81. The van der Waals surface area contributed by atoms with E-state index in [1.165, 1.54) is 6.21 Å². The van der Waals surface area contributed by atoms with Gasteiger partial charge < -0.3 is 10.5 Å². The van der Waals surface area contributed by atoms with Crippen LogP contribution in [-0.4, -0.2) is 16.9 Å². The molecule has 0 heterocycles. The van der Waals surface area contributed by atoms with E-state index in [2.05, 4.69) is 6.92 Å².